The first-order chi connectivity index (χ1) is 14.3. The number of hydrogen-bond donors (Lipinski definition) is 0. The summed E-state index contributed by atoms with van der Waals surface area (Å²) in [6.07, 6.45) is 1.03. The van der Waals surface area contributed by atoms with E-state index in [0.29, 0.717) is 12.8 Å². The van der Waals surface area contributed by atoms with E-state index in [1.807, 2.05) is 25.1 Å². The number of likely N-dealkylation sites (tertiary alicyclic amines) is 1. The first kappa shape index (κ1) is 21.8. The Morgan fingerprint density at radius 2 is 1.63 bits per heavy atom. The highest BCUT2D eigenvalue weighted by Gasteiger charge is 2.40. The number of rotatable bonds is 7. The van der Waals surface area contributed by atoms with Gasteiger partial charge in [0.2, 0.25) is 11.8 Å². The van der Waals surface area contributed by atoms with Crippen LogP contribution in [0.5, 0.6) is 0 Å². The van der Waals surface area contributed by atoms with Crippen LogP contribution in [0.25, 0.3) is 11.1 Å². The van der Waals surface area contributed by atoms with Gasteiger partial charge in [-0.05, 0) is 43.4 Å². The van der Waals surface area contributed by atoms with Gasteiger partial charge in [-0.2, -0.15) is 0 Å². The third kappa shape index (κ3) is 5.35. The number of hydrogen-bond acceptors (Lipinski definition) is 4. The van der Waals surface area contributed by atoms with Gasteiger partial charge in [0.1, 0.15) is 0 Å². The topological polar surface area (TPSA) is 63.7 Å². The van der Waals surface area contributed by atoms with Crippen LogP contribution < -0.4 is 0 Å². The number of benzene rings is 2. The van der Waals surface area contributed by atoms with Crippen LogP contribution in [0.4, 0.5) is 0 Å². The lowest BCUT2D eigenvalue weighted by atomic mass is 9.98. The summed E-state index contributed by atoms with van der Waals surface area (Å²) in [4.78, 5) is 38.5. The van der Waals surface area contributed by atoms with Gasteiger partial charge < -0.3 is 4.74 Å². The molecule has 0 spiro atoms. The van der Waals surface area contributed by atoms with E-state index in [2.05, 4.69) is 36.4 Å². The molecule has 5 nitrogen and oxygen atoms in total. The van der Waals surface area contributed by atoms with Gasteiger partial charge >= 0.3 is 5.97 Å². The molecular formula is C25H29NO4. The largest absolute Gasteiger partial charge is 0.463 e. The minimum atomic E-state index is -0.411. The molecule has 0 unspecified atom stereocenters. The molecule has 1 aliphatic rings. The molecule has 1 saturated heterocycles. The predicted molar refractivity (Wildman–Crippen MR) is 115 cm³/mol. The molecule has 0 saturated carbocycles. The van der Waals surface area contributed by atoms with Crippen molar-refractivity contribution in [2.75, 3.05) is 0 Å². The smallest absolute Gasteiger partial charge is 0.306 e. The molecular weight excluding hydrogens is 378 g/mol. The number of ether oxygens (including phenoxy) is 1. The van der Waals surface area contributed by atoms with Crippen LogP contribution in [-0.2, 0) is 25.5 Å². The Morgan fingerprint density at radius 1 is 1.00 bits per heavy atom. The van der Waals surface area contributed by atoms with Crippen LogP contribution in [0, 0.1) is 5.92 Å². The third-order valence-corrected chi connectivity index (χ3v) is 5.36. The number of carbonyl (C=O) groups excluding carboxylic acids is 3. The molecule has 2 aromatic rings. The van der Waals surface area contributed by atoms with E-state index in [4.69, 9.17) is 4.74 Å². The maximum atomic E-state index is 12.7. The Balaban J connectivity index is 1.65. The van der Waals surface area contributed by atoms with Crippen LogP contribution >= 0.6 is 0 Å². The van der Waals surface area contributed by atoms with Crippen molar-refractivity contribution in [3.8, 4) is 11.1 Å². The quantitative estimate of drug-likeness (QED) is 0.639. The molecule has 0 radical (unpaired) electrons. The average Bonchev–Trinajstić information content (AvgIpc) is 3.00. The van der Waals surface area contributed by atoms with Gasteiger partial charge in [0.15, 0.2) is 0 Å². The van der Waals surface area contributed by atoms with Crippen molar-refractivity contribution >= 4 is 17.8 Å². The number of imide groups is 1. The van der Waals surface area contributed by atoms with Gasteiger partial charge in [-0.1, -0.05) is 61.5 Å². The normalized spacial score (nSPS) is 18.7. The van der Waals surface area contributed by atoms with Gasteiger partial charge in [0.25, 0.3) is 0 Å². The SMILES string of the molecule is CC(C)OC(=O)CCC(=O)N1C(=O)[C@H](C)C[C@H]1Cc1ccc(-c2ccccc2)cc1. The Bertz CT molecular complexity index is 889. The van der Waals surface area contributed by atoms with E-state index < -0.39 is 5.97 Å². The fraction of sp³-hybridized carbons (Fsp3) is 0.400. The Kier molecular flexibility index (Phi) is 7.03. The molecule has 0 bridgehead atoms. The summed E-state index contributed by atoms with van der Waals surface area (Å²) in [5, 5.41) is 0. The van der Waals surface area contributed by atoms with E-state index in [0.717, 1.165) is 16.7 Å². The molecule has 2 amide bonds. The molecule has 0 N–H and O–H groups in total. The van der Waals surface area contributed by atoms with E-state index >= 15 is 0 Å². The van der Waals surface area contributed by atoms with Crippen LogP contribution in [-0.4, -0.2) is 34.8 Å². The van der Waals surface area contributed by atoms with Gasteiger partial charge in [0.05, 0.1) is 12.5 Å². The fourth-order valence-corrected chi connectivity index (χ4v) is 3.92. The molecule has 30 heavy (non-hydrogen) atoms. The molecule has 0 aliphatic carbocycles. The summed E-state index contributed by atoms with van der Waals surface area (Å²) in [5.74, 6) is -1.05. The monoisotopic (exact) mass is 407 g/mol. The predicted octanol–water partition coefficient (Wildman–Crippen LogP) is 4.39. The highest BCUT2D eigenvalue weighted by Crippen LogP contribution is 2.29. The summed E-state index contributed by atoms with van der Waals surface area (Å²) >= 11 is 0. The third-order valence-electron chi connectivity index (χ3n) is 5.36. The second-order valence-corrected chi connectivity index (χ2v) is 8.20. The molecule has 3 rings (SSSR count). The summed E-state index contributed by atoms with van der Waals surface area (Å²) in [6.45, 7) is 5.39. The Morgan fingerprint density at radius 3 is 2.27 bits per heavy atom. The fourth-order valence-electron chi connectivity index (χ4n) is 3.92. The molecule has 158 valence electrons. The van der Waals surface area contributed by atoms with Crippen LogP contribution in [0.3, 0.4) is 0 Å². The lowest BCUT2D eigenvalue weighted by molar-refractivity contribution is -0.152. The van der Waals surface area contributed by atoms with Crippen LogP contribution in [0.2, 0.25) is 0 Å². The van der Waals surface area contributed by atoms with Crippen LogP contribution in [0.1, 0.15) is 45.6 Å². The zero-order valence-electron chi connectivity index (χ0n) is 17.8. The van der Waals surface area contributed by atoms with Gasteiger partial charge in [-0.3, -0.25) is 19.3 Å². The highest BCUT2D eigenvalue weighted by molar-refractivity contribution is 5.99. The van der Waals surface area contributed by atoms with E-state index in [-0.39, 0.29) is 42.7 Å². The van der Waals surface area contributed by atoms with Crippen molar-refractivity contribution in [1.82, 2.24) is 4.90 Å². The first-order valence-corrected chi connectivity index (χ1v) is 10.5. The summed E-state index contributed by atoms with van der Waals surface area (Å²) in [7, 11) is 0. The van der Waals surface area contributed by atoms with Gasteiger partial charge in [0, 0.05) is 18.4 Å². The van der Waals surface area contributed by atoms with Crippen LogP contribution in [0.15, 0.2) is 54.6 Å². The zero-order valence-corrected chi connectivity index (χ0v) is 17.8. The van der Waals surface area contributed by atoms with Crippen molar-refractivity contribution in [2.24, 2.45) is 5.92 Å². The second kappa shape index (κ2) is 9.70. The average molecular weight is 408 g/mol. The number of esters is 1. The Hall–Kier alpha value is -2.95. The summed E-state index contributed by atoms with van der Waals surface area (Å²) in [5.41, 5.74) is 3.37. The molecule has 0 aromatic heterocycles. The minimum Gasteiger partial charge on any atom is -0.463 e. The van der Waals surface area contributed by atoms with Gasteiger partial charge in [-0.25, -0.2) is 0 Å². The minimum absolute atomic E-state index is 0.00628. The van der Waals surface area contributed by atoms with E-state index in [1.54, 1.807) is 13.8 Å². The highest BCUT2D eigenvalue weighted by atomic mass is 16.5. The van der Waals surface area contributed by atoms with E-state index in [1.165, 1.54) is 4.90 Å². The molecule has 1 heterocycles. The van der Waals surface area contributed by atoms with Crippen molar-refractivity contribution in [2.45, 2.75) is 58.6 Å². The maximum absolute atomic E-state index is 12.7. The van der Waals surface area contributed by atoms with E-state index in [9.17, 15) is 14.4 Å². The lowest BCUT2D eigenvalue weighted by Gasteiger charge is -2.23. The van der Waals surface area contributed by atoms with Gasteiger partial charge in [-0.15, -0.1) is 0 Å². The lowest BCUT2D eigenvalue weighted by Crippen LogP contribution is -2.40. The van der Waals surface area contributed by atoms with Crippen molar-refractivity contribution in [3.05, 3.63) is 60.2 Å². The maximum Gasteiger partial charge on any atom is 0.306 e. The number of carbonyl (C=O) groups is 3. The number of nitrogens with zero attached hydrogens (tertiary/aromatic N) is 1. The second-order valence-electron chi connectivity index (χ2n) is 8.20. The molecule has 1 fully saturated rings. The number of amides is 2. The Labute approximate surface area is 178 Å². The zero-order chi connectivity index (χ0) is 21.7. The summed E-state index contributed by atoms with van der Waals surface area (Å²) < 4.78 is 5.09. The summed E-state index contributed by atoms with van der Waals surface area (Å²) in [6, 6.07) is 18.2. The molecule has 2 atom stereocenters. The molecule has 2 aromatic carbocycles. The first-order valence-electron chi connectivity index (χ1n) is 10.5. The molecule has 1 aliphatic heterocycles. The van der Waals surface area contributed by atoms with Crippen molar-refractivity contribution in [1.29, 1.82) is 0 Å². The standard InChI is InChI=1S/C25H29NO4/c1-17(2)30-24(28)14-13-23(27)26-22(15-18(3)25(26)29)16-19-9-11-21(12-10-19)20-7-5-4-6-8-20/h4-12,17-18,22H,13-16H2,1-3H3/t18-,22+/m1/s1. The molecule has 5 heteroatoms. The van der Waals surface area contributed by atoms with Crippen molar-refractivity contribution in [3.63, 3.8) is 0 Å². The van der Waals surface area contributed by atoms with Crippen molar-refractivity contribution < 1.29 is 19.1 Å².